The van der Waals surface area contributed by atoms with Gasteiger partial charge in [0.2, 0.25) is 5.91 Å². The average Bonchev–Trinajstić information content (AvgIpc) is 3.33. The Morgan fingerprint density at radius 3 is 2.67 bits per heavy atom. The summed E-state index contributed by atoms with van der Waals surface area (Å²) in [5.74, 6) is -1.96. The number of amides is 1. The summed E-state index contributed by atoms with van der Waals surface area (Å²) in [6.07, 6.45) is 0.117. The number of hydrogen-bond acceptors (Lipinski definition) is 7. The van der Waals surface area contributed by atoms with Crippen LogP contribution in [-0.4, -0.2) is 50.9 Å². The molecule has 0 spiro atoms. The number of aliphatic hydroxyl groups excluding tert-OH is 1. The molecule has 0 aliphatic carbocycles. The molecule has 0 radical (unpaired) electrons. The average molecular weight is 474 g/mol. The first-order valence-corrected chi connectivity index (χ1v) is 11.6. The molecule has 1 aromatic heterocycles. The number of thiophene rings is 1. The summed E-state index contributed by atoms with van der Waals surface area (Å²) in [5, 5.41) is 23.5. The molecule has 5 N–H and O–H groups in total. The summed E-state index contributed by atoms with van der Waals surface area (Å²) in [6, 6.07) is 4.19. The molecule has 0 aromatic carbocycles. The van der Waals surface area contributed by atoms with Crippen LogP contribution in [0.15, 0.2) is 22.7 Å². The van der Waals surface area contributed by atoms with E-state index in [2.05, 4.69) is 17.4 Å². The van der Waals surface area contributed by atoms with Gasteiger partial charge in [-0.3, -0.25) is 4.79 Å². The zero-order valence-corrected chi connectivity index (χ0v) is 19.5. The number of fused-ring (bicyclic) bond motifs is 1. The molecule has 1 amide bonds. The minimum absolute atomic E-state index is 0. The number of nitrogens with one attached hydrogen (secondary N) is 1. The molecule has 3 aliphatic heterocycles. The molecule has 7 nitrogen and oxygen atoms in total. The summed E-state index contributed by atoms with van der Waals surface area (Å²) >= 11 is 3.29. The third-order valence-electron chi connectivity index (χ3n) is 6.14. The third kappa shape index (κ3) is 3.80. The van der Waals surface area contributed by atoms with Gasteiger partial charge in [0, 0.05) is 44.5 Å². The molecule has 10 heteroatoms. The number of halogens is 1. The van der Waals surface area contributed by atoms with E-state index in [1.54, 1.807) is 30.0 Å². The fraction of sp³-hybridized carbons (Fsp3) is 0.600. The van der Waals surface area contributed by atoms with Crippen molar-refractivity contribution >= 4 is 47.4 Å². The Hall–Kier alpha value is -1.10. The Kier molecular flexibility index (Phi) is 6.91. The standard InChI is InChI=1S/C20H27N3O4S2.ClH/c1-8-16-15(10(3)24)19(25)23(16)17(20(26)27)18(8)28-11-6-12(22-7-11)14-5-4-13(29-14)9(2)21;/h4-5,8-12,15-16,22,24H,6-7,21H2,1-3H3,(H,26,27);1H/t8-,9?,10-,11+,12-,15-,16-;/m1./s1. The van der Waals surface area contributed by atoms with Crippen LogP contribution < -0.4 is 11.1 Å². The molecule has 1 unspecified atom stereocenters. The maximum absolute atomic E-state index is 12.5. The number of nitrogens with two attached hydrogens (primary N) is 1. The van der Waals surface area contributed by atoms with Crippen molar-refractivity contribution in [2.24, 2.45) is 17.6 Å². The number of carbonyl (C=O) groups is 2. The van der Waals surface area contributed by atoms with E-state index in [0.717, 1.165) is 22.7 Å². The van der Waals surface area contributed by atoms with Gasteiger partial charge in [-0.1, -0.05) is 6.92 Å². The molecule has 30 heavy (non-hydrogen) atoms. The van der Waals surface area contributed by atoms with Gasteiger partial charge in [-0.25, -0.2) is 4.79 Å². The van der Waals surface area contributed by atoms with E-state index in [1.807, 2.05) is 13.8 Å². The van der Waals surface area contributed by atoms with Gasteiger partial charge in [0.25, 0.3) is 0 Å². The van der Waals surface area contributed by atoms with Gasteiger partial charge in [0.1, 0.15) is 5.70 Å². The summed E-state index contributed by atoms with van der Waals surface area (Å²) in [4.78, 5) is 29.0. The smallest absolute Gasteiger partial charge is 0.353 e. The lowest BCUT2D eigenvalue weighted by Crippen LogP contribution is -2.63. The second-order valence-corrected chi connectivity index (χ2v) is 10.7. The molecule has 1 aromatic rings. The normalized spacial score (nSPS) is 32.5. The third-order valence-corrected chi connectivity index (χ3v) is 9.05. The van der Waals surface area contributed by atoms with Crippen LogP contribution in [0.4, 0.5) is 0 Å². The lowest BCUT2D eigenvalue weighted by molar-refractivity contribution is -0.163. The highest BCUT2D eigenvalue weighted by atomic mass is 35.5. The van der Waals surface area contributed by atoms with Crippen LogP contribution in [0.1, 0.15) is 49.0 Å². The molecule has 2 fully saturated rings. The quantitative estimate of drug-likeness (QED) is 0.469. The Bertz CT molecular complexity index is 872. The number of β-lactam (4-membered cyclic amide) rings is 1. The molecule has 0 bridgehead atoms. The summed E-state index contributed by atoms with van der Waals surface area (Å²) in [6.45, 7) is 6.32. The van der Waals surface area contributed by atoms with E-state index in [4.69, 9.17) is 5.73 Å². The van der Waals surface area contributed by atoms with Crippen LogP contribution in [0.25, 0.3) is 0 Å². The molecule has 166 valence electrons. The minimum atomic E-state index is -1.07. The van der Waals surface area contributed by atoms with Crippen molar-refractivity contribution < 1.29 is 19.8 Å². The zero-order chi connectivity index (χ0) is 21.0. The highest BCUT2D eigenvalue weighted by molar-refractivity contribution is 8.03. The van der Waals surface area contributed by atoms with E-state index in [1.165, 1.54) is 9.78 Å². The predicted molar refractivity (Wildman–Crippen MR) is 121 cm³/mol. The van der Waals surface area contributed by atoms with Crippen LogP contribution in [0.2, 0.25) is 0 Å². The lowest BCUT2D eigenvalue weighted by Gasteiger charge is -2.46. The predicted octanol–water partition coefficient (Wildman–Crippen LogP) is 2.48. The van der Waals surface area contributed by atoms with Gasteiger partial charge in [-0.15, -0.1) is 35.5 Å². The second-order valence-electron chi connectivity index (χ2n) is 8.24. The maximum Gasteiger partial charge on any atom is 0.353 e. The number of rotatable bonds is 6. The number of aliphatic carboxylic acids is 1. The van der Waals surface area contributed by atoms with Crippen LogP contribution in [-0.2, 0) is 9.59 Å². The SMILES string of the molecule is CC(N)c1ccc([C@H]2C[C@H](SC3=C(C(=O)O)N4C(=O)[C@H]([C@@H](C)O)[C@H]4[C@H]3C)CN2)s1.Cl. The number of carboxylic acid groups (broad SMARTS) is 1. The maximum atomic E-state index is 12.5. The molecule has 4 heterocycles. The van der Waals surface area contributed by atoms with Crippen LogP contribution in [0.3, 0.4) is 0 Å². The number of carbonyl (C=O) groups excluding carboxylic acids is 1. The Balaban J connectivity index is 0.00000256. The number of thioether (sulfide) groups is 1. The van der Waals surface area contributed by atoms with E-state index in [0.29, 0.717) is 0 Å². The molecule has 2 saturated heterocycles. The van der Waals surface area contributed by atoms with Gasteiger partial charge in [0.05, 0.1) is 18.1 Å². The summed E-state index contributed by atoms with van der Waals surface area (Å²) in [7, 11) is 0. The van der Waals surface area contributed by atoms with Crippen molar-refractivity contribution in [3.8, 4) is 0 Å². The van der Waals surface area contributed by atoms with Crippen molar-refractivity contribution in [2.45, 2.75) is 56.7 Å². The van der Waals surface area contributed by atoms with Crippen molar-refractivity contribution in [3.63, 3.8) is 0 Å². The Morgan fingerprint density at radius 1 is 1.40 bits per heavy atom. The first-order chi connectivity index (χ1) is 13.7. The Labute approximate surface area is 190 Å². The van der Waals surface area contributed by atoms with Crippen molar-refractivity contribution in [1.82, 2.24) is 10.2 Å². The summed E-state index contributed by atoms with van der Waals surface area (Å²) in [5.41, 5.74) is 6.08. The number of carboxylic acids is 1. The van der Waals surface area contributed by atoms with Crippen molar-refractivity contribution in [3.05, 3.63) is 32.5 Å². The highest BCUT2D eigenvalue weighted by Crippen LogP contribution is 2.52. The minimum Gasteiger partial charge on any atom is -0.477 e. The second kappa shape index (κ2) is 8.80. The van der Waals surface area contributed by atoms with Gasteiger partial charge in [-0.2, -0.15) is 0 Å². The van der Waals surface area contributed by atoms with E-state index < -0.39 is 18.0 Å². The zero-order valence-electron chi connectivity index (χ0n) is 17.1. The first kappa shape index (κ1) is 23.6. The number of nitrogens with zero attached hydrogens (tertiary/aromatic N) is 1. The monoisotopic (exact) mass is 473 g/mol. The molecule has 7 atom stereocenters. The fourth-order valence-electron chi connectivity index (χ4n) is 4.67. The highest BCUT2D eigenvalue weighted by Gasteiger charge is 2.60. The van der Waals surface area contributed by atoms with E-state index >= 15 is 0 Å². The molecular formula is C20H28ClN3O4S2. The number of aliphatic hydroxyl groups is 1. The van der Waals surface area contributed by atoms with Crippen molar-refractivity contribution in [2.75, 3.05) is 6.54 Å². The van der Waals surface area contributed by atoms with Gasteiger partial charge >= 0.3 is 5.97 Å². The lowest BCUT2D eigenvalue weighted by atomic mass is 9.79. The molecule has 4 rings (SSSR count). The molecule has 3 aliphatic rings. The van der Waals surface area contributed by atoms with E-state index in [-0.39, 0.29) is 53.3 Å². The largest absolute Gasteiger partial charge is 0.477 e. The van der Waals surface area contributed by atoms with Gasteiger partial charge < -0.3 is 26.2 Å². The summed E-state index contributed by atoms with van der Waals surface area (Å²) < 4.78 is 0. The van der Waals surface area contributed by atoms with Crippen LogP contribution in [0.5, 0.6) is 0 Å². The van der Waals surface area contributed by atoms with Crippen LogP contribution >= 0.6 is 35.5 Å². The topological polar surface area (TPSA) is 116 Å². The molecular weight excluding hydrogens is 446 g/mol. The van der Waals surface area contributed by atoms with Gasteiger partial charge in [-0.05, 0) is 32.4 Å². The van der Waals surface area contributed by atoms with Crippen LogP contribution in [0, 0.1) is 11.8 Å². The van der Waals surface area contributed by atoms with E-state index in [9.17, 15) is 19.8 Å². The fourth-order valence-corrected chi connectivity index (χ4v) is 7.20. The molecule has 0 saturated carbocycles. The Morgan fingerprint density at radius 2 is 2.10 bits per heavy atom. The number of hydrogen-bond donors (Lipinski definition) is 4. The van der Waals surface area contributed by atoms with Crippen molar-refractivity contribution in [1.29, 1.82) is 0 Å². The van der Waals surface area contributed by atoms with Gasteiger partial charge in [0.15, 0.2) is 0 Å². The first-order valence-electron chi connectivity index (χ1n) is 9.94.